The summed E-state index contributed by atoms with van der Waals surface area (Å²) in [5.41, 5.74) is 1.76. The molecule has 1 fully saturated rings. The Kier molecular flexibility index (Phi) is 7.57. The Morgan fingerprint density at radius 2 is 1.86 bits per heavy atom. The second-order valence-electron chi connectivity index (χ2n) is 7.01. The molecule has 1 aliphatic rings. The van der Waals surface area contributed by atoms with E-state index in [9.17, 15) is 4.79 Å². The first-order chi connectivity index (χ1) is 13.7. The Hall–Kier alpha value is -2.24. The van der Waals surface area contributed by atoms with Crippen molar-refractivity contribution in [2.45, 2.75) is 45.2 Å². The maximum atomic E-state index is 12.1. The van der Waals surface area contributed by atoms with Crippen LogP contribution >= 0.6 is 11.6 Å². The van der Waals surface area contributed by atoms with Crippen LogP contribution in [-0.4, -0.2) is 25.2 Å². The van der Waals surface area contributed by atoms with Gasteiger partial charge >= 0.3 is 0 Å². The van der Waals surface area contributed by atoms with Crippen molar-refractivity contribution in [3.05, 3.63) is 53.1 Å². The predicted molar refractivity (Wildman–Crippen MR) is 111 cm³/mol. The number of hydrogen-bond donors (Lipinski definition) is 2. The van der Waals surface area contributed by atoms with E-state index in [4.69, 9.17) is 21.1 Å². The minimum Gasteiger partial charge on any atom is -0.490 e. The molecule has 150 valence electrons. The molecule has 0 atom stereocenters. The molecule has 0 spiro atoms. The lowest BCUT2D eigenvalue weighted by atomic mass is 10.1. The summed E-state index contributed by atoms with van der Waals surface area (Å²) < 4.78 is 11.4. The van der Waals surface area contributed by atoms with E-state index in [1.807, 2.05) is 43.3 Å². The van der Waals surface area contributed by atoms with Crippen molar-refractivity contribution in [2.24, 2.45) is 0 Å². The van der Waals surface area contributed by atoms with E-state index in [1.54, 1.807) is 6.07 Å². The average molecular weight is 404 g/mol. The van der Waals surface area contributed by atoms with Crippen LogP contribution in [0.15, 0.2) is 42.5 Å². The Balaban J connectivity index is 1.62. The fraction of sp³-hybridized carbons (Fsp3) is 0.409. The van der Waals surface area contributed by atoms with Crippen LogP contribution in [0.4, 0.5) is 5.69 Å². The van der Waals surface area contributed by atoms with Gasteiger partial charge in [-0.1, -0.05) is 29.8 Å². The van der Waals surface area contributed by atoms with Crippen molar-refractivity contribution >= 4 is 23.2 Å². The molecule has 3 N–H and O–H groups in total. The summed E-state index contributed by atoms with van der Waals surface area (Å²) >= 11 is 6.48. The van der Waals surface area contributed by atoms with Crippen LogP contribution < -0.4 is 20.1 Å². The van der Waals surface area contributed by atoms with Crippen LogP contribution in [0.25, 0.3) is 0 Å². The number of amides is 1. The Bertz CT molecular complexity index is 777. The minimum atomic E-state index is -0.233. The van der Waals surface area contributed by atoms with Gasteiger partial charge in [-0.25, -0.2) is 0 Å². The van der Waals surface area contributed by atoms with E-state index in [2.05, 4.69) is 10.6 Å². The molecule has 0 aromatic heterocycles. The zero-order valence-corrected chi connectivity index (χ0v) is 17.0. The molecule has 5 nitrogen and oxygen atoms in total. The molecule has 0 unspecified atom stereocenters. The van der Waals surface area contributed by atoms with Gasteiger partial charge in [-0.2, -0.15) is 0 Å². The fourth-order valence-electron chi connectivity index (χ4n) is 3.46. The zero-order valence-electron chi connectivity index (χ0n) is 16.2. The SMILES string of the molecule is CCOc1cc(C[NH2+]C2CCCC2)c(Cl)cc1OCC(=O)Nc1ccccc1. The maximum Gasteiger partial charge on any atom is 0.262 e. The summed E-state index contributed by atoms with van der Waals surface area (Å²) in [7, 11) is 0. The van der Waals surface area contributed by atoms with Crippen molar-refractivity contribution < 1.29 is 19.6 Å². The van der Waals surface area contributed by atoms with Gasteiger partial charge in [0.1, 0.15) is 6.54 Å². The van der Waals surface area contributed by atoms with Gasteiger partial charge in [0.05, 0.1) is 17.7 Å². The summed E-state index contributed by atoms with van der Waals surface area (Å²) in [6.07, 6.45) is 5.18. The molecule has 0 saturated heterocycles. The Morgan fingerprint density at radius 3 is 2.57 bits per heavy atom. The average Bonchev–Trinajstić information content (AvgIpc) is 3.21. The third-order valence-electron chi connectivity index (χ3n) is 4.90. The van der Waals surface area contributed by atoms with Gasteiger partial charge in [-0.15, -0.1) is 0 Å². The third kappa shape index (κ3) is 5.88. The lowest BCUT2D eigenvalue weighted by molar-refractivity contribution is -0.703. The molecule has 0 bridgehead atoms. The molecule has 1 saturated carbocycles. The van der Waals surface area contributed by atoms with Crippen molar-refractivity contribution in [2.75, 3.05) is 18.5 Å². The molecular weight excluding hydrogens is 376 g/mol. The standard InChI is InChI=1S/C22H27ClN2O3/c1-2-27-20-12-16(14-24-17-8-6-7-9-17)19(23)13-21(20)28-15-22(26)25-18-10-4-3-5-11-18/h3-5,10-13,17,24H,2,6-9,14-15H2,1H3,(H,25,26)/p+1. The second kappa shape index (κ2) is 10.3. The lowest BCUT2D eigenvalue weighted by Crippen LogP contribution is -2.87. The van der Waals surface area contributed by atoms with Gasteiger partial charge in [0, 0.05) is 17.3 Å². The first-order valence-electron chi connectivity index (χ1n) is 9.92. The van der Waals surface area contributed by atoms with Gasteiger partial charge < -0.3 is 20.1 Å². The summed E-state index contributed by atoms with van der Waals surface area (Å²) in [5, 5.41) is 5.79. The van der Waals surface area contributed by atoms with Crippen LogP contribution in [0.5, 0.6) is 11.5 Å². The number of quaternary nitrogens is 1. The van der Waals surface area contributed by atoms with Crippen LogP contribution in [0, 0.1) is 0 Å². The highest BCUT2D eigenvalue weighted by molar-refractivity contribution is 6.31. The van der Waals surface area contributed by atoms with Crippen molar-refractivity contribution in [3.63, 3.8) is 0 Å². The number of hydrogen-bond acceptors (Lipinski definition) is 3. The molecule has 0 radical (unpaired) electrons. The largest absolute Gasteiger partial charge is 0.490 e. The number of nitrogens with one attached hydrogen (secondary N) is 1. The van der Waals surface area contributed by atoms with E-state index < -0.39 is 0 Å². The van der Waals surface area contributed by atoms with E-state index in [-0.39, 0.29) is 12.5 Å². The zero-order chi connectivity index (χ0) is 19.8. The van der Waals surface area contributed by atoms with Gasteiger partial charge in [0.15, 0.2) is 18.1 Å². The highest BCUT2D eigenvalue weighted by Crippen LogP contribution is 2.33. The van der Waals surface area contributed by atoms with E-state index >= 15 is 0 Å². The van der Waals surface area contributed by atoms with Gasteiger partial charge in [0.2, 0.25) is 0 Å². The van der Waals surface area contributed by atoms with E-state index in [0.717, 1.165) is 17.8 Å². The predicted octanol–water partition coefficient (Wildman–Crippen LogP) is 3.76. The second-order valence-corrected chi connectivity index (χ2v) is 7.42. The number of halogens is 1. The van der Waals surface area contributed by atoms with Gasteiger partial charge in [-0.3, -0.25) is 4.79 Å². The number of carbonyl (C=O) groups excluding carboxylic acids is 1. The first kappa shape index (κ1) is 20.5. The molecule has 6 heteroatoms. The molecule has 2 aromatic rings. The number of para-hydroxylation sites is 1. The van der Waals surface area contributed by atoms with Gasteiger partial charge in [0.25, 0.3) is 5.91 Å². The van der Waals surface area contributed by atoms with Crippen molar-refractivity contribution in [1.29, 1.82) is 0 Å². The van der Waals surface area contributed by atoms with Gasteiger partial charge in [-0.05, 0) is 50.8 Å². The normalized spacial score (nSPS) is 14.1. The monoisotopic (exact) mass is 403 g/mol. The number of carbonyl (C=O) groups is 1. The molecule has 1 amide bonds. The lowest BCUT2D eigenvalue weighted by Gasteiger charge is -2.15. The molecule has 2 aromatic carbocycles. The molecule has 0 heterocycles. The van der Waals surface area contributed by atoms with Crippen molar-refractivity contribution in [1.82, 2.24) is 0 Å². The Labute approximate surface area is 171 Å². The first-order valence-corrected chi connectivity index (χ1v) is 10.3. The molecule has 1 aliphatic carbocycles. The van der Waals surface area contributed by atoms with Crippen LogP contribution in [-0.2, 0) is 11.3 Å². The van der Waals surface area contributed by atoms with E-state index in [0.29, 0.717) is 29.2 Å². The number of benzene rings is 2. The number of anilines is 1. The molecule has 0 aliphatic heterocycles. The van der Waals surface area contributed by atoms with Crippen LogP contribution in [0.2, 0.25) is 5.02 Å². The number of nitrogens with two attached hydrogens (primary N) is 1. The highest BCUT2D eigenvalue weighted by atomic mass is 35.5. The fourth-order valence-corrected chi connectivity index (χ4v) is 3.69. The summed E-state index contributed by atoms with van der Waals surface area (Å²) in [6.45, 7) is 3.14. The molecular formula is C22H28ClN2O3+. The number of ether oxygens (including phenoxy) is 2. The highest BCUT2D eigenvalue weighted by Gasteiger charge is 2.19. The summed E-state index contributed by atoms with van der Waals surface area (Å²) in [6, 6.07) is 13.7. The smallest absolute Gasteiger partial charge is 0.262 e. The third-order valence-corrected chi connectivity index (χ3v) is 5.25. The summed E-state index contributed by atoms with van der Waals surface area (Å²) in [5.74, 6) is 0.873. The summed E-state index contributed by atoms with van der Waals surface area (Å²) in [4.78, 5) is 12.1. The van der Waals surface area contributed by atoms with E-state index in [1.165, 1.54) is 25.7 Å². The maximum absolute atomic E-state index is 12.1. The number of rotatable bonds is 9. The minimum absolute atomic E-state index is 0.112. The Morgan fingerprint density at radius 1 is 1.14 bits per heavy atom. The van der Waals surface area contributed by atoms with Crippen molar-refractivity contribution in [3.8, 4) is 11.5 Å². The molecule has 28 heavy (non-hydrogen) atoms. The topological polar surface area (TPSA) is 64.2 Å². The van der Waals surface area contributed by atoms with Crippen LogP contribution in [0.1, 0.15) is 38.2 Å². The molecule has 3 rings (SSSR count). The van der Waals surface area contributed by atoms with Crippen LogP contribution in [0.3, 0.4) is 0 Å². The quantitative estimate of drug-likeness (QED) is 0.670.